The van der Waals surface area contributed by atoms with Crippen LogP contribution in [0.3, 0.4) is 0 Å². The van der Waals surface area contributed by atoms with Crippen molar-refractivity contribution in [3.63, 3.8) is 0 Å². The summed E-state index contributed by atoms with van der Waals surface area (Å²) in [5.74, 6) is -14.0. The van der Waals surface area contributed by atoms with E-state index in [-0.39, 0.29) is 5.56 Å². The average molecular weight is 389 g/mol. The van der Waals surface area contributed by atoms with E-state index in [2.05, 4.69) is 4.74 Å². The van der Waals surface area contributed by atoms with E-state index in [0.717, 1.165) is 7.11 Å². The molecular formula is C17H12F5NO4. The predicted molar refractivity (Wildman–Crippen MR) is 80.9 cm³/mol. The van der Waals surface area contributed by atoms with E-state index in [4.69, 9.17) is 0 Å². The lowest BCUT2D eigenvalue weighted by Gasteiger charge is -2.23. The third-order valence-electron chi connectivity index (χ3n) is 3.63. The summed E-state index contributed by atoms with van der Waals surface area (Å²) in [5, 5.41) is 12.1. The lowest BCUT2D eigenvalue weighted by atomic mass is 9.99. The zero-order valence-electron chi connectivity index (χ0n) is 13.6. The number of amides is 1. The van der Waals surface area contributed by atoms with E-state index in [1.54, 1.807) is 6.07 Å². The smallest absolute Gasteiger partial charge is 0.331 e. The van der Waals surface area contributed by atoms with Crippen LogP contribution in [-0.2, 0) is 9.53 Å². The normalized spacial score (nSPS) is 13.0. The molecule has 1 amide bonds. The fraction of sp³-hybridized carbons (Fsp3) is 0.176. The molecule has 0 aliphatic carbocycles. The number of aliphatic hydroxyl groups is 1. The van der Waals surface area contributed by atoms with Crippen LogP contribution in [0.25, 0.3) is 0 Å². The molecule has 5 nitrogen and oxygen atoms in total. The van der Waals surface area contributed by atoms with Gasteiger partial charge in [0.25, 0.3) is 5.91 Å². The minimum atomic E-state index is -2.62. The molecule has 10 heteroatoms. The molecule has 0 aliphatic rings. The molecule has 0 saturated carbocycles. The van der Waals surface area contributed by atoms with Gasteiger partial charge in [-0.2, -0.15) is 0 Å². The summed E-state index contributed by atoms with van der Waals surface area (Å²) in [7, 11) is 0.843. The molecule has 2 rings (SSSR count). The van der Waals surface area contributed by atoms with Crippen LogP contribution in [-0.4, -0.2) is 30.1 Å². The number of hydrogen-bond donors (Lipinski definition) is 2. The van der Waals surface area contributed by atoms with Gasteiger partial charge >= 0.3 is 5.97 Å². The first-order valence-electron chi connectivity index (χ1n) is 7.33. The van der Waals surface area contributed by atoms with Crippen molar-refractivity contribution in [3.8, 4) is 0 Å². The Balaban J connectivity index is 2.46. The van der Waals surface area contributed by atoms with Crippen LogP contribution >= 0.6 is 0 Å². The summed E-state index contributed by atoms with van der Waals surface area (Å²) in [6.07, 6.45) is -2.62. The number of carbonyl (C=O) groups excluding carboxylic acids is 2. The lowest BCUT2D eigenvalue weighted by Crippen LogP contribution is -2.46. The van der Waals surface area contributed by atoms with Gasteiger partial charge in [0.15, 0.2) is 29.3 Å². The first-order chi connectivity index (χ1) is 12.7. The highest BCUT2D eigenvalue weighted by Gasteiger charge is 2.38. The van der Waals surface area contributed by atoms with Crippen molar-refractivity contribution >= 4 is 11.9 Å². The van der Waals surface area contributed by atoms with Crippen molar-refractivity contribution in [3.05, 3.63) is 70.5 Å². The molecule has 0 aliphatic heterocycles. The van der Waals surface area contributed by atoms with Gasteiger partial charge in [-0.05, 0) is 12.1 Å². The van der Waals surface area contributed by atoms with Crippen LogP contribution in [0.2, 0.25) is 0 Å². The molecule has 0 heterocycles. The molecule has 0 bridgehead atoms. The van der Waals surface area contributed by atoms with Crippen LogP contribution in [0.5, 0.6) is 0 Å². The summed E-state index contributed by atoms with van der Waals surface area (Å²) >= 11 is 0. The zero-order valence-corrected chi connectivity index (χ0v) is 13.6. The Hall–Kier alpha value is -3.01. The number of methoxy groups -OCH3 is 1. The van der Waals surface area contributed by atoms with Crippen LogP contribution in [0, 0.1) is 29.1 Å². The maximum atomic E-state index is 13.9. The molecule has 27 heavy (non-hydrogen) atoms. The van der Waals surface area contributed by atoms with Crippen LogP contribution in [0.15, 0.2) is 30.3 Å². The Bertz CT molecular complexity index is 846. The SMILES string of the molecule is COC(=O)C(NC(=O)c1ccccc1)C(O)c1c(F)c(F)c(F)c(F)c1F. The summed E-state index contributed by atoms with van der Waals surface area (Å²) in [5.41, 5.74) is -1.66. The number of ether oxygens (including phenoxy) is 1. The number of aliphatic hydroxyl groups excluding tert-OH is 1. The minimum Gasteiger partial charge on any atom is -0.467 e. The number of rotatable bonds is 5. The molecule has 2 N–H and O–H groups in total. The van der Waals surface area contributed by atoms with Crippen LogP contribution in [0.1, 0.15) is 22.0 Å². The van der Waals surface area contributed by atoms with E-state index in [9.17, 15) is 36.6 Å². The lowest BCUT2D eigenvalue weighted by molar-refractivity contribution is -0.146. The maximum Gasteiger partial charge on any atom is 0.331 e. The van der Waals surface area contributed by atoms with Gasteiger partial charge < -0.3 is 15.2 Å². The summed E-state index contributed by atoms with van der Waals surface area (Å²) in [6, 6.07) is 5.04. The van der Waals surface area contributed by atoms with Crippen molar-refractivity contribution in [2.24, 2.45) is 0 Å². The topological polar surface area (TPSA) is 75.6 Å². The number of halogens is 5. The molecule has 2 unspecified atom stereocenters. The number of hydrogen-bond acceptors (Lipinski definition) is 4. The fourth-order valence-corrected chi connectivity index (χ4v) is 2.26. The van der Waals surface area contributed by atoms with Crippen molar-refractivity contribution < 1.29 is 41.4 Å². The van der Waals surface area contributed by atoms with Crippen molar-refractivity contribution in [2.45, 2.75) is 12.1 Å². The fourth-order valence-electron chi connectivity index (χ4n) is 2.26. The largest absolute Gasteiger partial charge is 0.467 e. The second kappa shape index (κ2) is 8.12. The first kappa shape index (κ1) is 20.3. The van der Waals surface area contributed by atoms with Crippen molar-refractivity contribution in [1.29, 1.82) is 0 Å². The van der Waals surface area contributed by atoms with Gasteiger partial charge in [0.2, 0.25) is 5.82 Å². The van der Waals surface area contributed by atoms with Crippen molar-refractivity contribution in [1.82, 2.24) is 5.32 Å². The van der Waals surface area contributed by atoms with E-state index in [1.165, 1.54) is 24.3 Å². The quantitative estimate of drug-likeness (QED) is 0.356. The van der Waals surface area contributed by atoms with E-state index in [0.29, 0.717) is 0 Å². The molecule has 0 spiro atoms. The standard InChI is InChI=1S/C17H12F5NO4/c1-27-17(26)14(23-16(25)7-5-3-2-4-6-7)15(24)8-9(18)11(20)13(22)12(21)10(8)19/h2-6,14-15,24H,1H3,(H,23,25). The molecule has 0 aromatic heterocycles. The Morgan fingerprint density at radius 3 is 1.89 bits per heavy atom. The first-order valence-corrected chi connectivity index (χ1v) is 7.33. The van der Waals surface area contributed by atoms with E-state index >= 15 is 0 Å². The van der Waals surface area contributed by atoms with Gasteiger partial charge in [-0.1, -0.05) is 18.2 Å². The third kappa shape index (κ3) is 3.90. The van der Waals surface area contributed by atoms with E-state index in [1.807, 2.05) is 5.32 Å². The van der Waals surface area contributed by atoms with Gasteiger partial charge in [0.1, 0.15) is 6.10 Å². The highest BCUT2D eigenvalue weighted by Crippen LogP contribution is 2.30. The summed E-state index contributed by atoms with van der Waals surface area (Å²) in [4.78, 5) is 24.0. The third-order valence-corrected chi connectivity index (χ3v) is 3.63. The second-order valence-corrected chi connectivity index (χ2v) is 5.27. The molecule has 0 radical (unpaired) electrons. The predicted octanol–water partition coefficient (Wildman–Crippen LogP) is 2.39. The second-order valence-electron chi connectivity index (χ2n) is 5.27. The van der Waals surface area contributed by atoms with Gasteiger partial charge in [0, 0.05) is 5.56 Å². The van der Waals surface area contributed by atoms with Gasteiger partial charge in [-0.15, -0.1) is 0 Å². The molecular weight excluding hydrogens is 377 g/mol. The summed E-state index contributed by atoms with van der Waals surface area (Å²) < 4.78 is 72.0. The molecule has 2 atom stereocenters. The number of esters is 1. The number of nitrogens with one attached hydrogen (secondary N) is 1. The minimum absolute atomic E-state index is 0.0102. The molecule has 2 aromatic rings. The molecule has 144 valence electrons. The highest BCUT2D eigenvalue weighted by molar-refractivity contribution is 5.96. The van der Waals surface area contributed by atoms with Gasteiger partial charge in [-0.3, -0.25) is 4.79 Å². The number of carbonyl (C=O) groups is 2. The molecule has 0 saturated heterocycles. The Labute approximate surface area is 149 Å². The van der Waals surface area contributed by atoms with Crippen LogP contribution in [0.4, 0.5) is 22.0 Å². The monoisotopic (exact) mass is 389 g/mol. The average Bonchev–Trinajstić information content (AvgIpc) is 2.68. The molecule has 0 fully saturated rings. The highest BCUT2D eigenvalue weighted by atomic mass is 19.2. The Morgan fingerprint density at radius 2 is 1.41 bits per heavy atom. The number of benzene rings is 2. The Morgan fingerprint density at radius 1 is 0.926 bits per heavy atom. The van der Waals surface area contributed by atoms with Crippen LogP contribution < -0.4 is 5.32 Å². The molecule has 2 aromatic carbocycles. The van der Waals surface area contributed by atoms with Gasteiger partial charge in [-0.25, -0.2) is 26.7 Å². The Kier molecular flexibility index (Phi) is 6.11. The van der Waals surface area contributed by atoms with Crippen molar-refractivity contribution in [2.75, 3.05) is 7.11 Å². The summed E-state index contributed by atoms with van der Waals surface area (Å²) in [6.45, 7) is 0. The maximum absolute atomic E-state index is 13.9. The van der Waals surface area contributed by atoms with E-state index < -0.39 is 58.7 Å². The van der Waals surface area contributed by atoms with Gasteiger partial charge in [0.05, 0.1) is 12.7 Å². The zero-order chi connectivity index (χ0) is 20.3.